The van der Waals surface area contributed by atoms with Crippen molar-refractivity contribution < 1.29 is 4.74 Å². The maximum Gasteiger partial charge on any atom is 0.213 e. The van der Waals surface area contributed by atoms with E-state index in [2.05, 4.69) is 22.0 Å². The van der Waals surface area contributed by atoms with Gasteiger partial charge >= 0.3 is 0 Å². The van der Waals surface area contributed by atoms with Gasteiger partial charge in [-0.1, -0.05) is 18.2 Å². The van der Waals surface area contributed by atoms with Gasteiger partial charge in [0.2, 0.25) is 5.88 Å². The highest BCUT2D eigenvalue weighted by atomic mass is 32.2. The zero-order chi connectivity index (χ0) is 12.9. The smallest absolute Gasteiger partial charge is 0.213 e. The van der Waals surface area contributed by atoms with Gasteiger partial charge in [-0.05, 0) is 18.6 Å². The average molecular weight is 274 g/mol. The third-order valence-electron chi connectivity index (χ3n) is 3.27. The van der Waals surface area contributed by atoms with Gasteiger partial charge in [-0.25, -0.2) is 4.98 Å². The van der Waals surface area contributed by atoms with Crippen LogP contribution in [0.1, 0.15) is 6.42 Å². The van der Waals surface area contributed by atoms with Crippen LogP contribution in [0.4, 0.5) is 0 Å². The van der Waals surface area contributed by atoms with Crippen molar-refractivity contribution in [2.75, 3.05) is 31.3 Å². The van der Waals surface area contributed by atoms with E-state index in [9.17, 15) is 0 Å². The van der Waals surface area contributed by atoms with Crippen molar-refractivity contribution in [2.24, 2.45) is 0 Å². The number of fused-ring (bicyclic) bond motifs is 1. The molecule has 19 heavy (non-hydrogen) atoms. The standard InChI is InChI=1S/C15H18N2OS/c1-2-5-14-13(4-1)6-7-15(16-14)18-10-3-8-17-9-11-19-12-17/h1-2,4-7H,3,8-12H2. The van der Waals surface area contributed by atoms with Gasteiger partial charge in [0.15, 0.2) is 0 Å². The normalized spacial score (nSPS) is 16.0. The summed E-state index contributed by atoms with van der Waals surface area (Å²) in [5, 5.41) is 1.16. The highest BCUT2D eigenvalue weighted by Gasteiger charge is 2.10. The molecular weight excluding hydrogens is 256 g/mol. The molecule has 0 bridgehead atoms. The molecule has 0 aliphatic carbocycles. The molecule has 100 valence electrons. The third kappa shape index (κ3) is 3.39. The number of para-hydroxylation sites is 1. The summed E-state index contributed by atoms with van der Waals surface area (Å²) in [6, 6.07) is 12.1. The Morgan fingerprint density at radius 3 is 3.05 bits per heavy atom. The number of aromatic nitrogens is 1. The topological polar surface area (TPSA) is 25.4 Å². The van der Waals surface area contributed by atoms with Gasteiger partial charge in [0.25, 0.3) is 0 Å². The second-order valence-electron chi connectivity index (χ2n) is 4.70. The molecule has 3 nitrogen and oxygen atoms in total. The SMILES string of the molecule is c1ccc2nc(OCCCN3CCSC3)ccc2c1. The number of benzene rings is 1. The Kier molecular flexibility index (Phi) is 4.20. The summed E-state index contributed by atoms with van der Waals surface area (Å²) in [5.74, 6) is 3.18. The van der Waals surface area contributed by atoms with Crippen LogP contribution in [0.3, 0.4) is 0 Å². The highest BCUT2D eigenvalue weighted by molar-refractivity contribution is 7.99. The Labute approximate surface area is 118 Å². The van der Waals surface area contributed by atoms with E-state index < -0.39 is 0 Å². The van der Waals surface area contributed by atoms with Crippen molar-refractivity contribution in [3.63, 3.8) is 0 Å². The second kappa shape index (κ2) is 6.26. The first-order chi connectivity index (χ1) is 9.42. The molecule has 1 fully saturated rings. The molecule has 1 saturated heterocycles. The van der Waals surface area contributed by atoms with Crippen LogP contribution < -0.4 is 4.74 Å². The van der Waals surface area contributed by atoms with E-state index in [-0.39, 0.29) is 0 Å². The molecule has 0 radical (unpaired) electrons. The van der Waals surface area contributed by atoms with Crippen LogP contribution in [0.2, 0.25) is 0 Å². The van der Waals surface area contributed by atoms with E-state index >= 15 is 0 Å². The Morgan fingerprint density at radius 2 is 2.16 bits per heavy atom. The zero-order valence-corrected chi connectivity index (χ0v) is 11.7. The minimum atomic E-state index is 0.731. The van der Waals surface area contributed by atoms with Crippen molar-refractivity contribution in [3.05, 3.63) is 36.4 Å². The lowest BCUT2D eigenvalue weighted by Crippen LogP contribution is -2.22. The fourth-order valence-electron chi connectivity index (χ4n) is 2.22. The Balaban J connectivity index is 1.50. The first-order valence-corrected chi connectivity index (χ1v) is 7.86. The average Bonchev–Trinajstić information content (AvgIpc) is 2.97. The molecule has 2 aromatic rings. The molecule has 4 heteroatoms. The van der Waals surface area contributed by atoms with Crippen molar-refractivity contribution in [3.8, 4) is 5.88 Å². The number of thioether (sulfide) groups is 1. The summed E-state index contributed by atoms with van der Waals surface area (Å²) in [4.78, 5) is 6.98. The lowest BCUT2D eigenvalue weighted by molar-refractivity contribution is 0.263. The molecule has 1 aliphatic heterocycles. The Hall–Kier alpha value is -1.26. The summed E-state index contributed by atoms with van der Waals surface area (Å²) < 4.78 is 5.73. The van der Waals surface area contributed by atoms with Crippen molar-refractivity contribution in [1.29, 1.82) is 0 Å². The zero-order valence-electron chi connectivity index (χ0n) is 10.9. The monoisotopic (exact) mass is 274 g/mol. The van der Waals surface area contributed by atoms with E-state index in [4.69, 9.17) is 4.74 Å². The van der Waals surface area contributed by atoms with E-state index in [1.807, 2.05) is 36.0 Å². The minimum Gasteiger partial charge on any atom is -0.478 e. The molecule has 0 spiro atoms. The molecule has 1 aromatic heterocycles. The number of nitrogens with zero attached hydrogens (tertiary/aromatic N) is 2. The largest absolute Gasteiger partial charge is 0.478 e. The van der Waals surface area contributed by atoms with Crippen LogP contribution in [0, 0.1) is 0 Å². The maximum atomic E-state index is 5.73. The number of rotatable bonds is 5. The van der Waals surface area contributed by atoms with E-state index in [0.29, 0.717) is 0 Å². The van der Waals surface area contributed by atoms with E-state index in [0.717, 1.165) is 36.4 Å². The molecule has 1 aromatic carbocycles. The van der Waals surface area contributed by atoms with Gasteiger partial charge in [0.05, 0.1) is 12.1 Å². The van der Waals surface area contributed by atoms with Gasteiger partial charge in [-0.3, -0.25) is 4.90 Å². The second-order valence-corrected chi connectivity index (χ2v) is 5.77. The summed E-state index contributed by atoms with van der Waals surface area (Å²) in [6.45, 7) is 3.09. The highest BCUT2D eigenvalue weighted by Crippen LogP contribution is 2.16. The number of hydrogen-bond donors (Lipinski definition) is 0. The van der Waals surface area contributed by atoms with Crippen molar-refractivity contribution in [1.82, 2.24) is 9.88 Å². The number of ether oxygens (including phenoxy) is 1. The number of pyridine rings is 1. The quantitative estimate of drug-likeness (QED) is 0.783. The fourth-order valence-corrected chi connectivity index (χ4v) is 3.25. The molecule has 0 atom stereocenters. The first kappa shape index (κ1) is 12.8. The predicted octanol–water partition coefficient (Wildman–Crippen LogP) is 3.01. The summed E-state index contributed by atoms with van der Waals surface area (Å²) in [7, 11) is 0. The molecule has 0 amide bonds. The van der Waals surface area contributed by atoms with Crippen molar-refractivity contribution >= 4 is 22.7 Å². The van der Waals surface area contributed by atoms with Crippen molar-refractivity contribution in [2.45, 2.75) is 6.42 Å². The molecule has 0 unspecified atom stereocenters. The molecule has 2 heterocycles. The van der Waals surface area contributed by atoms with Crippen LogP contribution in [0.25, 0.3) is 10.9 Å². The molecule has 0 saturated carbocycles. The van der Waals surface area contributed by atoms with Crippen LogP contribution >= 0.6 is 11.8 Å². The molecular formula is C15H18N2OS. The first-order valence-electron chi connectivity index (χ1n) is 6.70. The van der Waals surface area contributed by atoms with Gasteiger partial charge in [-0.2, -0.15) is 0 Å². The predicted molar refractivity (Wildman–Crippen MR) is 80.8 cm³/mol. The van der Waals surface area contributed by atoms with Gasteiger partial charge in [0, 0.05) is 36.2 Å². The fraction of sp³-hybridized carbons (Fsp3) is 0.400. The summed E-state index contributed by atoms with van der Waals surface area (Å²) in [6.07, 6.45) is 1.06. The Morgan fingerprint density at radius 1 is 1.21 bits per heavy atom. The summed E-state index contributed by atoms with van der Waals surface area (Å²) >= 11 is 2.01. The molecule has 1 aliphatic rings. The van der Waals surface area contributed by atoms with E-state index in [1.165, 1.54) is 18.2 Å². The van der Waals surface area contributed by atoms with Gasteiger partial charge in [-0.15, -0.1) is 11.8 Å². The number of hydrogen-bond acceptors (Lipinski definition) is 4. The summed E-state index contributed by atoms with van der Waals surface area (Å²) in [5.41, 5.74) is 0.996. The lowest BCUT2D eigenvalue weighted by atomic mass is 10.2. The third-order valence-corrected chi connectivity index (χ3v) is 4.29. The minimum absolute atomic E-state index is 0.731. The van der Waals surface area contributed by atoms with Gasteiger partial charge in [0.1, 0.15) is 0 Å². The maximum absolute atomic E-state index is 5.73. The lowest BCUT2D eigenvalue weighted by Gasteiger charge is -2.13. The van der Waals surface area contributed by atoms with Crippen LogP contribution in [0.5, 0.6) is 5.88 Å². The Bertz CT molecular complexity index is 540. The van der Waals surface area contributed by atoms with Crippen LogP contribution in [-0.2, 0) is 0 Å². The van der Waals surface area contributed by atoms with Crippen LogP contribution in [-0.4, -0.2) is 41.2 Å². The van der Waals surface area contributed by atoms with Gasteiger partial charge < -0.3 is 4.74 Å². The molecule has 3 rings (SSSR count). The van der Waals surface area contributed by atoms with E-state index in [1.54, 1.807) is 0 Å². The van der Waals surface area contributed by atoms with Crippen LogP contribution in [0.15, 0.2) is 36.4 Å². The molecule has 0 N–H and O–H groups in total.